The van der Waals surface area contributed by atoms with Crippen molar-refractivity contribution in [1.82, 2.24) is 10.2 Å². The van der Waals surface area contributed by atoms with E-state index < -0.39 is 0 Å². The number of likely N-dealkylation sites (tertiary alicyclic amines) is 1. The van der Waals surface area contributed by atoms with E-state index in [0.717, 1.165) is 25.6 Å². The van der Waals surface area contributed by atoms with E-state index >= 15 is 0 Å². The molecule has 0 aromatic rings. The zero-order chi connectivity index (χ0) is 11.1. The molecule has 2 atom stereocenters. The van der Waals surface area contributed by atoms with E-state index in [1.54, 1.807) is 7.11 Å². The molecule has 90 valence electrons. The Kier molecular flexibility index (Phi) is 6.22. The number of hydrogen-bond acceptors (Lipinski definition) is 3. The van der Waals surface area contributed by atoms with Crippen molar-refractivity contribution in [2.24, 2.45) is 0 Å². The van der Waals surface area contributed by atoms with Gasteiger partial charge in [0.25, 0.3) is 0 Å². The molecule has 1 aliphatic rings. The summed E-state index contributed by atoms with van der Waals surface area (Å²) < 4.78 is 5.12. The molecular weight excluding hydrogens is 188 g/mol. The van der Waals surface area contributed by atoms with Crippen LogP contribution in [0.3, 0.4) is 0 Å². The minimum atomic E-state index is 0.665. The van der Waals surface area contributed by atoms with Gasteiger partial charge in [0.05, 0.1) is 0 Å². The van der Waals surface area contributed by atoms with Gasteiger partial charge in [0.2, 0.25) is 0 Å². The summed E-state index contributed by atoms with van der Waals surface area (Å²) in [6.45, 7) is 9.02. The van der Waals surface area contributed by atoms with E-state index in [1.165, 1.54) is 25.9 Å². The highest BCUT2D eigenvalue weighted by molar-refractivity contribution is 4.83. The van der Waals surface area contributed by atoms with E-state index in [1.807, 2.05) is 0 Å². The fourth-order valence-corrected chi connectivity index (χ4v) is 2.17. The van der Waals surface area contributed by atoms with Crippen molar-refractivity contribution in [2.45, 2.75) is 45.2 Å². The van der Waals surface area contributed by atoms with Crippen LogP contribution in [0.2, 0.25) is 0 Å². The van der Waals surface area contributed by atoms with Crippen molar-refractivity contribution in [2.75, 3.05) is 33.4 Å². The minimum Gasteiger partial charge on any atom is -0.385 e. The second-order valence-electron chi connectivity index (χ2n) is 4.57. The zero-order valence-electron chi connectivity index (χ0n) is 10.5. The maximum atomic E-state index is 5.12. The van der Waals surface area contributed by atoms with Crippen LogP contribution in [-0.2, 0) is 4.74 Å². The molecule has 1 heterocycles. The molecule has 15 heavy (non-hydrogen) atoms. The molecular formula is C12H26N2O. The summed E-state index contributed by atoms with van der Waals surface area (Å²) in [5.41, 5.74) is 0. The molecule has 0 saturated carbocycles. The zero-order valence-corrected chi connectivity index (χ0v) is 10.5. The SMILES string of the molecule is CCCNC1CCN(C(C)CCOC)C1. The monoisotopic (exact) mass is 214 g/mol. The maximum absolute atomic E-state index is 5.12. The molecule has 0 radical (unpaired) electrons. The third kappa shape index (κ3) is 4.49. The second-order valence-corrected chi connectivity index (χ2v) is 4.57. The first-order chi connectivity index (χ1) is 7.27. The Morgan fingerprint density at radius 2 is 2.33 bits per heavy atom. The lowest BCUT2D eigenvalue weighted by Crippen LogP contribution is -2.36. The molecule has 1 N–H and O–H groups in total. The molecule has 3 nitrogen and oxygen atoms in total. The van der Waals surface area contributed by atoms with Gasteiger partial charge in [-0.1, -0.05) is 6.92 Å². The Balaban J connectivity index is 2.17. The van der Waals surface area contributed by atoms with Crippen LogP contribution in [0.5, 0.6) is 0 Å². The van der Waals surface area contributed by atoms with Gasteiger partial charge in [0.1, 0.15) is 0 Å². The van der Waals surface area contributed by atoms with Crippen LogP contribution in [0, 0.1) is 0 Å². The maximum Gasteiger partial charge on any atom is 0.0477 e. The smallest absolute Gasteiger partial charge is 0.0477 e. The van der Waals surface area contributed by atoms with E-state index in [-0.39, 0.29) is 0 Å². The van der Waals surface area contributed by atoms with E-state index in [0.29, 0.717) is 6.04 Å². The van der Waals surface area contributed by atoms with Crippen molar-refractivity contribution in [3.05, 3.63) is 0 Å². The normalized spacial score (nSPS) is 24.6. The molecule has 0 amide bonds. The van der Waals surface area contributed by atoms with Gasteiger partial charge in [-0.25, -0.2) is 0 Å². The predicted molar refractivity (Wildman–Crippen MR) is 64.2 cm³/mol. The lowest BCUT2D eigenvalue weighted by atomic mass is 10.2. The van der Waals surface area contributed by atoms with Gasteiger partial charge in [0, 0.05) is 38.9 Å². The minimum absolute atomic E-state index is 0.665. The number of ether oxygens (including phenoxy) is 1. The fraction of sp³-hybridized carbons (Fsp3) is 1.00. The second kappa shape index (κ2) is 7.20. The first-order valence-corrected chi connectivity index (χ1v) is 6.24. The van der Waals surface area contributed by atoms with E-state index in [4.69, 9.17) is 4.74 Å². The molecule has 0 aliphatic carbocycles. The van der Waals surface area contributed by atoms with E-state index in [9.17, 15) is 0 Å². The van der Waals surface area contributed by atoms with Gasteiger partial charge in [-0.2, -0.15) is 0 Å². The van der Waals surface area contributed by atoms with Gasteiger partial charge < -0.3 is 10.1 Å². The summed E-state index contributed by atoms with van der Waals surface area (Å²) in [5.74, 6) is 0. The van der Waals surface area contributed by atoms with Crippen molar-refractivity contribution >= 4 is 0 Å². The Labute approximate surface area is 94.2 Å². The standard InChI is InChI=1S/C12H26N2O/c1-4-7-13-12-5-8-14(10-12)11(2)6-9-15-3/h11-13H,4-10H2,1-3H3. The topological polar surface area (TPSA) is 24.5 Å². The fourth-order valence-electron chi connectivity index (χ4n) is 2.17. The third-order valence-electron chi connectivity index (χ3n) is 3.27. The molecule has 0 spiro atoms. The highest BCUT2D eigenvalue weighted by Crippen LogP contribution is 2.14. The van der Waals surface area contributed by atoms with Gasteiger partial charge >= 0.3 is 0 Å². The van der Waals surface area contributed by atoms with Crippen LogP contribution < -0.4 is 5.32 Å². The number of nitrogens with zero attached hydrogens (tertiary/aromatic N) is 1. The van der Waals surface area contributed by atoms with Gasteiger partial charge in [0.15, 0.2) is 0 Å². The molecule has 1 aliphatic heterocycles. The average Bonchev–Trinajstić information content (AvgIpc) is 2.71. The third-order valence-corrected chi connectivity index (χ3v) is 3.27. The highest BCUT2D eigenvalue weighted by Gasteiger charge is 2.24. The Hall–Kier alpha value is -0.120. The number of rotatable bonds is 7. The quantitative estimate of drug-likeness (QED) is 0.695. The largest absolute Gasteiger partial charge is 0.385 e. The molecule has 0 aromatic heterocycles. The molecule has 0 bridgehead atoms. The van der Waals surface area contributed by atoms with Crippen molar-refractivity contribution in [3.63, 3.8) is 0 Å². The molecule has 1 saturated heterocycles. The predicted octanol–water partition coefficient (Wildman–Crippen LogP) is 1.49. The van der Waals surface area contributed by atoms with Gasteiger partial charge in [-0.15, -0.1) is 0 Å². The Morgan fingerprint density at radius 3 is 3.00 bits per heavy atom. The van der Waals surface area contributed by atoms with Gasteiger partial charge in [-0.05, 0) is 32.7 Å². The summed E-state index contributed by atoms with van der Waals surface area (Å²) >= 11 is 0. The molecule has 1 rings (SSSR count). The van der Waals surface area contributed by atoms with Crippen LogP contribution in [0.15, 0.2) is 0 Å². The van der Waals surface area contributed by atoms with Crippen LogP contribution in [0.25, 0.3) is 0 Å². The summed E-state index contributed by atoms with van der Waals surface area (Å²) in [6.07, 6.45) is 3.68. The lowest BCUT2D eigenvalue weighted by Gasteiger charge is -2.24. The van der Waals surface area contributed by atoms with Crippen LogP contribution in [0.4, 0.5) is 0 Å². The Morgan fingerprint density at radius 1 is 1.53 bits per heavy atom. The Bertz CT molecular complexity index is 164. The average molecular weight is 214 g/mol. The van der Waals surface area contributed by atoms with Crippen LogP contribution in [-0.4, -0.2) is 50.3 Å². The summed E-state index contributed by atoms with van der Waals surface area (Å²) in [6, 6.07) is 1.38. The summed E-state index contributed by atoms with van der Waals surface area (Å²) in [5, 5.41) is 3.60. The van der Waals surface area contributed by atoms with Crippen molar-refractivity contribution in [3.8, 4) is 0 Å². The highest BCUT2D eigenvalue weighted by atomic mass is 16.5. The summed E-state index contributed by atoms with van der Waals surface area (Å²) in [7, 11) is 1.78. The van der Waals surface area contributed by atoms with Gasteiger partial charge in [-0.3, -0.25) is 4.90 Å². The summed E-state index contributed by atoms with van der Waals surface area (Å²) in [4.78, 5) is 2.58. The van der Waals surface area contributed by atoms with Crippen LogP contribution >= 0.6 is 0 Å². The van der Waals surface area contributed by atoms with Crippen LogP contribution in [0.1, 0.15) is 33.1 Å². The first kappa shape index (κ1) is 12.9. The number of hydrogen-bond donors (Lipinski definition) is 1. The number of methoxy groups -OCH3 is 1. The van der Waals surface area contributed by atoms with Crippen molar-refractivity contribution < 1.29 is 4.74 Å². The lowest BCUT2D eigenvalue weighted by molar-refractivity contribution is 0.151. The molecule has 3 heteroatoms. The van der Waals surface area contributed by atoms with E-state index in [2.05, 4.69) is 24.1 Å². The number of nitrogens with one attached hydrogen (secondary N) is 1. The molecule has 1 fully saturated rings. The first-order valence-electron chi connectivity index (χ1n) is 6.24. The van der Waals surface area contributed by atoms with Crippen molar-refractivity contribution in [1.29, 1.82) is 0 Å². The molecule has 2 unspecified atom stereocenters. The molecule has 0 aromatic carbocycles.